The summed E-state index contributed by atoms with van der Waals surface area (Å²) in [4.78, 5) is 35.7. The minimum Gasteiger partial charge on any atom is -0.475 e. The summed E-state index contributed by atoms with van der Waals surface area (Å²) < 4.78 is 37.1. The van der Waals surface area contributed by atoms with Crippen LogP contribution >= 0.6 is 0 Å². The summed E-state index contributed by atoms with van der Waals surface area (Å²) in [6.45, 7) is 3.89. The van der Waals surface area contributed by atoms with Crippen molar-refractivity contribution in [2.24, 2.45) is 0 Å². The van der Waals surface area contributed by atoms with Crippen LogP contribution in [0.4, 0.5) is 19.0 Å². The number of hydrogen-bond acceptors (Lipinski definition) is 6. The molecule has 35 heavy (non-hydrogen) atoms. The zero-order valence-electron chi connectivity index (χ0n) is 18.4. The van der Waals surface area contributed by atoms with Crippen LogP contribution in [0.25, 0.3) is 22.5 Å². The van der Waals surface area contributed by atoms with Gasteiger partial charge in [-0.2, -0.15) is 13.2 Å². The Kier molecular flexibility index (Phi) is 7.01. The molecule has 5 rings (SSSR count). The van der Waals surface area contributed by atoms with Gasteiger partial charge in [-0.15, -0.1) is 0 Å². The summed E-state index contributed by atoms with van der Waals surface area (Å²) in [5.74, 6) is -1.81. The molecule has 1 saturated heterocycles. The van der Waals surface area contributed by atoms with Gasteiger partial charge >= 0.3 is 12.1 Å². The molecule has 1 amide bonds. The number of aromatic amines is 1. The van der Waals surface area contributed by atoms with Crippen LogP contribution in [-0.4, -0.2) is 71.0 Å². The Bertz CT molecular complexity index is 1200. The second kappa shape index (κ2) is 10.1. The minimum atomic E-state index is -5.08. The van der Waals surface area contributed by atoms with Crippen LogP contribution in [-0.2, 0) is 16.0 Å². The first-order chi connectivity index (χ1) is 16.7. The number of aliphatic carboxylic acids is 1. The number of carboxylic acid groups (broad SMARTS) is 1. The standard InChI is InChI=1S/C21H21N5O2.C2HF3O2/c27-21-16-12-19(25-17(16)4-6-23-21)14-3-5-22-18(11-14)15-1-2-20(24-13-15)26-7-9-28-10-8-26;3-2(4,5)1(6)7/h1-3,5,11-13,25H,4,6-10H2,(H,23,27);(H,6,7). The number of carbonyl (C=O) groups excluding carboxylic acids is 1. The number of morpholine rings is 1. The van der Waals surface area contributed by atoms with E-state index in [0.29, 0.717) is 6.54 Å². The molecule has 0 bridgehead atoms. The van der Waals surface area contributed by atoms with E-state index in [0.717, 1.165) is 72.3 Å². The smallest absolute Gasteiger partial charge is 0.475 e. The molecule has 3 aromatic heterocycles. The third kappa shape index (κ3) is 5.77. The second-order valence-corrected chi connectivity index (χ2v) is 7.82. The highest BCUT2D eigenvalue weighted by molar-refractivity contribution is 5.97. The molecule has 2 aliphatic heterocycles. The van der Waals surface area contributed by atoms with Crippen molar-refractivity contribution in [1.82, 2.24) is 20.3 Å². The third-order valence-corrected chi connectivity index (χ3v) is 5.50. The van der Waals surface area contributed by atoms with Crippen molar-refractivity contribution in [2.75, 3.05) is 37.7 Å². The number of rotatable bonds is 3. The van der Waals surface area contributed by atoms with E-state index >= 15 is 0 Å². The molecule has 0 unspecified atom stereocenters. The molecule has 0 spiro atoms. The average molecular weight is 489 g/mol. The van der Waals surface area contributed by atoms with Gasteiger partial charge in [0.2, 0.25) is 0 Å². The third-order valence-electron chi connectivity index (χ3n) is 5.50. The highest BCUT2D eigenvalue weighted by Gasteiger charge is 2.38. The number of nitrogens with one attached hydrogen (secondary N) is 2. The van der Waals surface area contributed by atoms with Crippen molar-refractivity contribution < 1.29 is 32.6 Å². The van der Waals surface area contributed by atoms with Crippen LogP contribution in [0.2, 0.25) is 0 Å². The monoisotopic (exact) mass is 489 g/mol. The number of nitrogens with zero attached hydrogens (tertiary/aromatic N) is 3. The Morgan fingerprint density at radius 2 is 1.83 bits per heavy atom. The number of halogens is 3. The number of H-pyrrole nitrogens is 1. The van der Waals surface area contributed by atoms with E-state index in [2.05, 4.69) is 31.2 Å². The summed E-state index contributed by atoms with van der Waals surface area (Å²) in [5.41, 5.74) is 5.49. The fourth-order valence-corrected chi connectivity index (χ4v) is 3.72. The van der Waals surface area contributed by atoms with Gasteiger partial charge in [0.25, 0.3) is 5.91 Å². The Balaban J connectivity index is 0.000000364. The topological polar surface area (TPSA) is 120 Å². The lowest BCUT2D eigenvalue weighted by molar-refractivity contribution is -0.192. The number of pyridine rings is 2. The molecule has 3 N–H and O–H groups in total. The van der Waals surface area contributed by atoms with Gasteiger partial charge in [0.05, 0.1) is 24.5 Å². The van der Waals surface area contributed by atoms with Crippen molar-refractivity contribution in [3.05, 3.63) is 54.0 Å². The lowest BCUT2D eigenvalue weighted by atomic mass is 10.1. The second-order valence-electron chi connectivity index (χ2n) is 7.82. The molecule has 0 saturated carbocycles. The Morgan fingerprint density at radius 3 is 2.46 bits per heavy atom. The lowest BCUT2D eigenvalue weighted by Crippen LogP contribution is -2.36. The van der Waals surface area contributed by atoms with Crippen molar-refractivity contribution in [3.63, 3.8) is 0 Å². The lowest BCUT2D eigenvalue weighted by Gasteiger charge is -2.27. The highest BCUT2D eigenvalue weighted by atomic mass is 19.4. The number of anilines is 1. The van der Waals surface area contributed by atoms with Crippen molar-refractivity contribution in [2.45, 2.75) is 12.6 Å². The van der Waals surface area contributed by atoms with Gasteiger partial charge in [-0.25, -0.2) is 9.78 Å². The van der Waals surface area contributed by atoms with E-state index < -0.39 is 12.1 Å². The van der Waals surface area contributed by atoms with Crippen molar-refractivity contribution >= 4 is 17.7 Å². The van der Waals surface area contributed by atoms with Crippen LogP contribution in [0.1, 0.15) is 16.1 Å². The molecule has 9 nitrogen and oxygen atoms in total. The van der Waals surface area contributed by atoms with Crippen LogP contribution in [0.15, 0.2) is 42.7 Å². The van der Waals surface area contributed by atoms with Gasteiger partial charge < -0.3 is 25.0 Å². The van der Waals surface area contributed by atoms with Crippen LogP contribution in [0.3, 0.4) is 0 Å². The molecule has 5 heterocycles. The van der Waals surface area contributed by atoms with Gasteiger partial charge in [-0.3, -0.25) is 9.78 Å². The van der Waals surface area contributed by atoms with E-state index in [4.69, 9.17) is 14.6 Å². The van der Waals surface area contributed by atoms with Crippen LogP contribution < -0.4 is 10.2 Å². The number of carbonyl (C=O) groups is 2. The maximum Gasteiger partial charge on any atom is 0.490 e. The Morgan fingerprint density at radius 1 is 1.09 bits per heavy atom. The van der Waals surface area contributed by atoms with Crippen LogP contribution in [0, 0.1) is 0 Å². The Hall–Kier alpha value is -3.93. The average Bonchev–Trinajstić information content (AvgIpc) is 3.31. The molecule has 0 aliphatic carbocycles. The molecular formula is C23H22F3N5O4. The highest BCUT2D eigenvalue weighted by Crippen LogP contribution is 2.27. The number of hydrogen-bond donors (Lipinski definition) is 3. The maximum absolute atomic E-state index is 12.0. The molecule has 1 fully saturated rings. The number of alkyl halides is 3. The van der Waals surface area contributed by atoms with Crippen LogP contribution in [0.5, 0.6) is 0 Å². The van der Waals surface area contributed by atoms with Gasteiger partial charge in [-0.05, 0) is 30.3 Å². The number of carboxylic acids is 1. The van der Waals surface area contributed by atoms with Crippen molar-refractivity contribution in [1.29, 1.82) is 0 Å². The largest absolute Gasteiger partial charge is 0.490 e. The van der Waals surface area contributed by atoms with Gasteiger partial charge in [0.15, 0.2) is 0 Å². The summed E-state index contributed by atoms with van der Waals surface area (Å²) in [6.07, 6.45) is -0.601. The molecule has 2 aliphatic rings. The van der Waals surface area contributed by atoms with E-state index in [1.165, 1.54) is 0 Å². The minimum absolute atomic E-state index is 0.0130. The normalized spacial score (nSPS) is 15.5. The molecule has 0 atom stereocenters. The fraction of sp³-hybridized carbons (Fsp3) is 0.304. The summed E-state index contributed by atoms with van der Waals surface area (Å²) in [5, 5.41) is 10.0. The van der Waals surface area contributed by atoms with Gasteiger partial charge in [0, 0.05) is 61.0 Å². The number of aromatic nitrogens is 3. The summed E-state index contributed by atoms with van der Waals surface area (Å²) >= 11 is 0. The first-order valence-electron chi connectivity index (χ1n) is 10.8. The zero-order chi connectivity index (χ0) is 25.0. The predicted octanol–water partition coefficient (Wildman–Crippen LogP) is 2.89. The first kappa shape index (κ1) is 24.2. The molecule has 0 aromatic carbocycles. The first-order valence-corrected chi connectivity index (χ1v) is 10.8. The zero-order valence-corrected chi connectivity index (χ0v) is 18.4. The van der Waals surface area contributed by atoms with Crippen molar-refractivity contribution in [3.8, 4) is 22.5 Å². The summed E-state index contributed by atoms with van der Waals surface area (Å²) in [6, 6.07) is 9.99. The number of fused-ring (bicyclic) bond motifs is 1. The molecule has 184 valence electrons. The molecule has 12 heteroatoms. The van der Waals surface area contributed by atoms with E-state index in [-0.39, 0.29) is 5.91 Å². The number of ether oxygens (including phenoxy) is 1. The Labute approximate surface area is 198 Å². The molecular weight excluding hydrogens is 467 g/mol. The van der Waals surface area contributed by atoms with E-state index in [1.807, 2.05) is 30.5 Å². The van der Waals surface area contributed by atoms with Gasteiger partial charge in [-0.1, -0.05) is 0 Å². The van der Waals surface area contributed by atoms with E-state index in [9.17, 15) is 18.0 Å². The van der Waals surface area contributed by atoms with Gasteiger partial charge in [0.1, 0.15) is 5.82 Å². The SMILES string of the molecule is O=C(O)C(F)(F)F.O=C1NCCc2[nH]c(-c3ccnc(-c4ccc(N5CCOCC5)nc4)c3)cc21. The summed E-state index contributed by atoms with van der Waals surface area (Å²) in [7, 11) is 0. The molecule has 0 radical (unpaired) electrons. The fourth-order valence-electron chi connectivity index (χ4n) is 3.72. The van der Waals surface area contributed by atoms with E-state index in [1.54, 1.807) is 6.20 Å². The predicted molar refractivity (Wildman–Crippen MR) is 120 cm³/mol. The number of amides is 1. The quantitative estimate of drug-likeness (QED) is 0.517. The maximum atomic E-state index is 12.0. The molecule has 3 aromatic rings.